The molecule has 0 aliphatic carbocycles. The molecular formula is C42H55N7O8. The molecule has 4 heterocycles. The fraction of sp³-hybridized carbons (Fsp3) is 0.548. The van der Waals surface area contributed by atoms with E-state index in [2.05, 4.69) is 21.3 Å². The number of urea groups is 1. The second-order valence-electron chi connectivity index (χ2n) is 15.8. The molecule has 2 aromatic carbocycles. The average Bonchev–Trinajstić information content (AvgIpc) is 3.86. The van der Waals surface area contributed by atoms with E-state index in [9.17, 15) is 33.6 Å². The first-order chi connectivity index (χ1) is 27.4. The summed E-state index contributed by atoms with van der Waals surface area (Å²) in [6.07, 6.45) is 2.38. The van der Waals surface area contributed by atoms with Crippen LogP contribution in [0.1, 0.15) is 70.4 Å². The number of carbonyl (C=O) groups excluding carboxylic acids is 7. The number of nitrogens with one attached hydrogen (secondary N) is 4. The molecule has 57 heavy (non-hydrogen) atoms. The second-order valence-corrected chi connectivity index (χ2v) is 15.8. The number of fused-ring (bicyclic) bond motifs is 3. The van der Waals surface area contributed by atoms with Gasteiger partial charge in [0.25, 0.3) is 0 Å². The van der Waals surface area contributed by atoms with Crippen molar-refractivity contribution in [2.75, 3.05) is 26.2 Å². The summed E-state index contributed by atoms with van der Waals surface area (Å²) >= 11 is 0. The third-order valence-corrected chi connectivity index (χ3v) is 11.5. The van der Waals surface area contributed by atoms with Crippen molar-refractivity contribution in [1.29, 1.82) is 0 Å². The monoisotopic (exact) mass is 785 g/mol. The van der Waals surface area contributed by atoms with Gasteiger partial charge < -0.3 is 40.7 Å². The molecule has 2 aromatic rings. The van der Waals surface area contributed by atoms with Crippen LogP contribution in [0.2, 0.25) is 0 Å². The summed E-state index contributed by atoms with van der Waals surface area (Å²) in [5, 5.41) is 11.2. The van der Waals surface area contributed by atoms with E-state index in [0.717, 1.165) is 11.1 Å². The molecule has 4 saturated heterocycles. The molecule has 0 saturated carbocycles. The summed E-state index contributed by atoms with van der Waals surface area (Å²) in [6.45, 7) is 6.08. The molecule has 0 radical (unpaired) electrons. The van der Waals surface area contributed by atoms with Gasteiger partial charge in [-0.2, -0.15) is 0 Å². The standard InChI is InChI=1S/C42H55N7O8/c1-26-23-34-41(55)57-28(3)35(46-36(50)31(24-30-15-8-5-9-16-30)45-42(56)43-20-19-29-13-6-4-7-14-29)40(54)48-22-12-18-33(48)39(53)47-21-11-10-17-32(47)37(51)44-27(2)38(52)49(34)25-26/h4-9,13-16,26-28,31-35H,10-12,17-25H2,1-3H3,(H,44,51)(H,46,50)(H2,43,45,56)/t26-,27+,28+,31+,32+,33+,34+,35+/m1/s1. The SMILES string of the molecule is C[C@@H]1C[C@H]2C(=O)O[C@@H](C)[C@H](NC(=O)[C@H](Cc3ccccc3)NC(=O)NCCc3ccccc3)C(=O)N3CCC[C@H]3C(=O)N3CCCC[C@H]3C(=O)N[C@@H](C)C(=O)N2C1. The van der Waals surface area contributed by atoms with Crippen molar-refractivity contribution in [1.82, 2.24) is 36.0 Å². The van der Waals surface area contributed by atoms with Gasteiger partial charge in [-0.1, -0.05) is 67.6 Å². The van der Waals surface area contributed by atoms with Crippen LogP contribution in [0.25, 0.3) is 0 Å². The normalized spacial score (nSPS) is 27.7. The van der Waals surface area contributed by atoms with E-state index < -0.39 is 78.0 Å². The number of nitrogens with zero attached hydrogens (tertiary/aromatic N) is 3. The van der Waals surface area contributed by atoms with Gasteiger partial charge >= 0.3 is 12.0 Å². The molecule has 0 bridgehead atoms. The molecule has 4 aliphatic heterocycles. The fourth-order valence-electron chi connectivity index (χ4n) is 8.46. The van der Waals surface area contributed by atoms with Crippen LogP contribution < -0.4 is 21.3 Å². The largest absolute Gasteiger partial charge is 0.458 e. The molecule has 0 aromatic heterocycles. The summed E-state index contributed by atoms with van der Waals surface area (Å²) in [6, 6.07) is 11.9. The van der Waals surface area contributed by atoms with Gasteiger partial charge in [0.1, 0.15) is 42.4 Å². The van der Waals surface area contributed by atoms with Crippen LogP contribution in [0.4, 0.5) is 4.79 Å². The Bertz CT molecular complexity index is 1790. The first kappa shape index (κ1) is 41.2. The summed E-state index contributed by atoms with van der Waals surface area (Å²) in [4.78, 5) is 102. The topological polar surface area (TPSA) is 187 Å². The van der Waals surface area contributed by atoms with Crippen LogP contribution in [0.5, 0.6) is 0 Å². The van der Waals surface area contributed by atoms with E-state index in [0.29, 0.717) is 58.0 Å². The van der Waals surface area contributed by atoms with Crippen molar-refractivity contribution >= 4 is 41.5 Å². The summed E-state index contributed by atoms with van der Waals surface area (Å²) < 4.78 is 5.96. The van der Waals surface area contributed by atoms with E-state index >= 15 is 0 Å². The summed E-state index contributed by atoms with van der Waals surface area (Å²) in [5.41, 5.74) is 1.79. The number of benzene rings is 2. The number of hydrogen-bond donors (Lipinski definition) is 4. The molecule has 15 heteroatoms. The van der Waals surface area contributed by atoms with Crippen LogP contribution in [0, 0.1) is 5.92 Å². The summed E-state index contributed by atoms with van der Waals surface area (Å²) in [5.74, 6) is -3.42. The minimum atomic E-state index is -1.45. The van der Waals surface area contributed by atoms with Crippen LogP contribution >= 0.6 is 0 Å². The van der Waals surface area contributed by atoms with E-state index in [1.807, 2.05) is 67.6 Å². The molecule has 6 rings (SSSR count). The molecule has 15 nitrogen and oxygen atoms in total. The maximum atomic E-state index is 14.7. The number of rotatable bonds is 8. The highest BCUT2D eigenvalue weighted by Gasteiger charge is 2.47. The molecule has 306 valence electrons. The first-order valence-corrected chi connectivity index (χ1v) is 20.3. The van der Waals surface area contributed by atoms with Gasteiger partial charge in [0.05, 0.1) is 0 Å². The number of carbonyl (C=O) groups is 7. The molecule has 4 fully saturated rings. The van der Waals surface area contributed by atoms with E-state index in [4.69, 9.17) is 4.74 Å². The predicted molar refractivity (Wildman–Crippen MR) is 209 cm³/mol. The van der Waals surface area contributed by atoms with Crippen molar-refractivity contribution in [2.45, 2.75) is 114 Å². The highest BCUT2D eigenvalue weighted by molar-refractivity contribution is 5.98. The van der Waals surface area contributed by atoms with E-state index in [1.54, 1.807) is 6.92 Å². The fourth-order valence-corrected chi connectivity index (χ4v) is 8.46. The Morgan fingerprint density at radius 3 is 2.14 bits per heavy atom. The summed E-state index contributed by atoms with van der Waals surface area (Å²) in [7, 11) is 0. The van der Waals surface area contributed by atoms with Crippen LogP contribution in [0.3, 0.4) is 0 Å². The van der Waals surface area contributed by atoms with E-state index in [1.165, 1.54) is 21.6 Å². The zero-order chi connectivity index (χ0) is 40.6. The Kier molecular flexibility index (Phi) is 13.5. The quantitative estimate of drug-likeness (QED) is 0.291. The van der Waals surface area contributed by atoms with Gasteiger partial charge in [-0.15, -0.1) is 0 Å². The van der Waals surface area contributed by atoms with Crippen molar-refractivity contribution in [3.63, 3.8) is 0 Å². The van der Waals surface area contributed by atoms with Crippen molar-refractivity contribution < 1.29 is 38.3 Å². The minimum absolute atomic E-state index is 0.0515. The number of esters is 1. The molecule has 0 spiro atoms. The molecule has 4 N–H and O–H groups in total. The Labute approximate surface area is 333 Å². The predicted octanol–water partition coefficient (Wildman–Crippen LogP) is 1.68. The Hall–Kier alpha value is -5.47. The van der Waals surface area contributed by atoms with Crippen molar-refractivity contribution in [3.8, 4) is 0 Å². The van der Waals surface area contributed by atoms with Gasteiger partial charge in [0.2, 0.25) is 29.5 Å². The lowest BCUT2D eigenvalue weighted by Gasteiger charge is -2.39. The van der Waals surface area contributed by atoms with E-state index in [-0.39, 0.29) is 31.3 Å². The highest BCUT2D eigenvalue weighted by Crippen LogP contribution is 2.28. The number of hydrogen-bond acceptors (Lipinski definition) is 8. The number of amides is 7. The van der Waals surface area contributed by atoms with Crippen LogP contribution in [0.15, 0.2) is 60.7 Å². The Balaban J connectivity index is 1.29. The number of piperidine rings is 1. The lowest BCUT2D eigenvalue weighted by atomic mass is 9.99. The number of cyclic esters (lactones) is 1. The maximum absolute atomic E-state index is 14.7. The van der Waals surface area contributed by atoms with Gasteiger partial charge in [0.15, 0.2) is 0 Å². The number of ether oxygens (including phenoxy) is 1. The molecule has 7 amide bonds. The maximum Gasteiger partial charge on any atom is 0.329 e. The minimum Gasteiger partial charge on any atom is -0.458 e. The van der Waals surface area contributed by atoms with Crippen LogP contribution in [-0.4, -0.2) is 125 Å². The Morgan fingerprint density at radius 1 is 0.772 bits per heavy atom. The average molecular weight is 786 g/mol. The zero-order valence-electron chi connectivity index (χ0n) is 33.0. The van der Waals surface area contributed by atoms with Crippen molar-refractivity contribution in [2.24, 2.45) is 5.92 Å². The Morgan fingerprint density at radius 2 is 1.42 bits per heavy atom. The molecule has 8 atom stereocenters. The smallest absolute Gasteiger partial charge is 0.329 e. The third kappa shape index (κ3) is 9.92. The lowest BCUT2D eigenvalue weighted by molar-refractivity contribution is -0.163. The van der Waals surface area contributed by atoms with Crippen LogP contribution in [-0.2, 0) is 46.3 Å². The van der Waals surface area contributed by atoms with Gasteiger partial charge in [-0.05, 0) is 75.8 Å². The first-order valence-electron chi connectivity index (χ1n) is 20.3. The zero-order valence-corrected chi connectivity index (χ0v) is 33.0. The second kappa shape index (κ2) is 18.6. The molecule has 0 unspecified atom stereocenters. The third-order valence-electron chi connectivity index (χ3n) is 11.5. The van der Waals surface area contributed by atoms with Gasteiger partial charge in [-0.25, -0.2) is 9.59 Å². The highest BCUT2D eigenvalue weighted by atomic mass is 16.5. The van der Waals surface area contributed by atoms with Gasteiger partial charge in [-0.3, -0.25) is 24.0 Å². The lowest BCUT2D eigenvalue weighted by Crippen LogP contribution is -2.63. The van der Waals surface area contributed by atoms with Gasteiger partial charge in [0, 0.05) is 32.6 Å². The van der Waals surface area contributed by atoms with Crippen molar-refractivity contribution in [3.05, 3.63) is 71.8 Å². The molecule has 4 aliphatic rings. The molecular weight excluding hydrogens is 731 g/mol.